The molecular formula is C12H10INOS. The normalized spacial score (nSPS) is 10.3. The molecule has 0 saturated heterocycles. The smallest absolute Gasteiger partial charge is 0.128 e. The van der Waals surface area contributed by atoms with Crippen LogP contribution in [0, 0.1) is 3.57 Å². The van der Waals surface area contributed by atoms with Crippen LogP contribution in [0.25, 0.3) is 0 Å². The number of phenols is 1. The van der Waals surface area contributed by atoms with Crippen molar-refractivity contribution < 1.29 is 5.11 Å². The molecule has 0 radical (unpaired) electrons. The molecule has 0 amide bonds. The number of rotatable bonds is 2. The molecule has 3 N–H and O–H groups in total. The van der Waals surface area contributed by atoms with Gasteiger partial charge in [0, 0.05) is 15.5 Å². The molecule has 0 unspecified atom stereocenters. The summed E-state index contributed by atoms with van der Waals surface area (Å²) >= 11 is 3.76. The van der Waals surface area contributed by atoms with E-state index in [2.05, 4.69) is 22.6 Å². The quantitative estimate of drug-likeness (QED) is 0.645. The van der Waals surface area contributed by atoms with Crippen molar-refractivity contribution in [3.8, 4) is 5.75 Å². The Kier molecular flexibility index (Phi) is 3.60. The zero-order valence-corrected chi connectivity index (χ0v) is 11.3. The molecule has 16 heavy (non-hydrogen) atoms. The summed E-state index contributed by atoms with van der Waals surface area (Å²) in [6.45, 7) is 0. The average molecular weight is 343 g/mol. The molecule has 0 aliphatic rings. The van der Waals surface area contributed by atoms with Crippen LogP contribution in [-0.4, -0.2) is 5.11 Å². The molecule has 0 atom stereocenters. The first kappa shape index (κ1) is 11.6. The molecule has 2 nitrogen and oxygen atoms in total. The van der Waals surface area contributed by atoms with Crippen LogP contribution in [0.4, 0.5) is 5.69 Å². The lowest BCUT2D eigenvalue weighted by Crippen LogP contribution is -1.82. The molecule has 0 spiro atoms. The highest BCUT2D eigenvalue weighted by Crippen LogP contribution is 2.31. The molecule has 0 fully saturated rings. The fourth-order valence-corrected chi connectivity index (χ4v) is 2.81. The van der Waals surface area contributed by atoms with Crippen molar-refractivity contribution in [2.24, 2.45) is 0 Å². The molecule has 0 saturated carbocycles. The van der Waals surface area contributed by atoms with Crippen molar-refractivity contribution in [3.05, 3.63) is 46.0 Å². The SMILES string of the molecule is Nc1ccc(Sc2ccc(O)c(I)c2)cc1. The van der Waals surface area contributed by atoms with Crippen LogP contribution in [0.15, 0.2) is 52.3 Å². The number of halogens is 1. The highest BCUT2D eigenvalue weighted by atomic mass is 127. The lowest BCUT2D eigenvalue weighted by molar-refractivity contribution is 0.471. The average Bonchev–Trinajstić information content (AvgIpc) is 2.27. The van der Waals surface area contributed by atoms with E-state index in [0.717, 1.165) is 19.0 Å². The molecule has 0 aromatic heterocycles. The van der Waals surface area contributed by atoms with E-state index in [1.807, 2.05) is 36.4 Å². The van der Waals surface area contributed by atoms with Crippen LogP contribution >= 0.6 is 34.4 Å². The van der Waals surface area contributed by atoms with Crippen LogP contribution in [0.3, 0.4) is 0 Å². The Hall–Kier alpha value is -0.880. The van der Waals surface area contributed by atoms with Gasteiger partial charge in [-0.2, -0.15) is 0 Å². The Morgan fingerprint density at radius 3 is 2.25 bits per heavy atom. The molecule has 0 bridgehead atoms. The van der Waals surface area contributed by atoms with E-state index in [1.54, 1.807) is 17.8 Å². The number of aromatic hydroxyl groups is 1. The van der Waals surface area contributed by atoms with Gasteiger partial charge in [-0.05, 0) is 65.1 Å². The minimum absolute atomic E-state index is 0.322. The summed E-state index contributed by atoms with van der Waals surface area (Å²) in [7, 11) is 0. The summed E-state index contributed by atoms with van der Waals surface area (Å²) in [5.41, 5.74) is 6.39. The van der Waals surface area contributed by atoms with Gasteiger partial charge < -0.3 is 10.8 Å². The van der Waals surface area contributed by atoms with Gasteiger partial charge in [0.1, 0.15) is 5.75 Å². The zero-order chi connectivity index (χ0) is 11.5. The maximum atomic E-state index is 9.41. The van der Waals surface area contributed by atoms with Gasteiger partial charge in [0.05, 0.1) is 3.57 Å². The minimum Gasteiger partial charge on any atom is -0.507 e. The van der Waals surface area contributed by atoms with E-state index in [0.29, 0.717) is 5.75 Å². The first-order valence-electron chi connectivity index (χ1n) is 4.67. The van der Waals surface area contributed by atoms with E-state index in [-0.39, 0.29) is 0 Å². The van der Waals surface area contributed by atoms with Gasteiger partial charge in [-0.1, -0.05) is 11.8 Å². The maximum Gasteiger partial charge on any atom is 0.128 e. The third kappa shape index (κ3) is 2.82. The standard InChI is InChI=1S/C12H10INOS/c13-11-7-10(5-6-12(11)15)16-9-3-1-8(14)2-4-9/h1-7,15H,14H2. The Morgan fingerprint density at radius 2 is 1.62 bits per heavy atom. The molecule has 2 aromatic carbocycles. The minimum atomic E-state index is 0.322. The molecule has 0 aliphatic carbocycles. The first-order valence-corrected chi connectivity index (χ1v) is 6.56. The Morgan fingerprint density at radius 1 is 1.00 bits per heavy atom. The summed E-state index contributed by atoms with van der Waals surface area (Å²) < 4.78 is 0.859. The zero-order valence-electron chi connectivity index (χ0n) is 8.35. The van der Waals surface area contributed by atoms with Crippen LogP contribution in [0.2, 0.25) is 0 Å². The summed E-state index contributed by atoms with van der Waals surface area (Å²) in [5.74, 6) is 0.322. The van der Waals surface area contributed by atoms with E-state index in [9.17, 15) is 5.11 Å². The Bertz CT molecular complexity index is 499. The summed E-state index contributed by atoms with van der Waals surface area (Å²) in [4.78, 5) is 2.24. The van der Waals surface area contributed by atoms with Crippen molar-refractivity contribution in [1.29, 1.82) is 0 Å². The number of hydrogen-bond donors (Lipinski definition) is 2. The second kappa shape index (κ2) is 4.97. The molecular weight excluding hydrogens is 333 g/mol. The van der Waals surface area contributed by atoms with Crippen LogP contribution in [0.1, 0.15) is 0 Å². The predicted molar refractivity (Wildman–Crippen MR) is 75.8 cm³/mol. The van der Waals surface area contributed by atoms with Crippen molar-refractivity contribution in [3.63, 3.8) is 0 Å². The van der Waals surface area contributed by atoms with Crippen molar-refractivity contribution in [1.82, 2.24) is 0 Å². The maximum absolute atomic E-state index is 9.41. The lowest BCUT2D eigenvalue weighted by Gasteiger charge is -2.03. The highest BCUT2D eigenvalue weighted by molar-refractivity contribution is 14.1. The van der Waals surface area contributed by atoms with Gasteiger partial charge >= 0.3 is 0 Å². The lowest BCUT2D eigenvalue weighted by atomic mass is 10.3. The van der Waals surface area contributed by atoms with E-state index in [1.165, 1.54) is 0 Å². The third-order valence-corrected chi connectivity index (χ3v) is 3.90. The fourth-order valence-electron chi connectivity index (χ4n) is 1.22. The second-order valence-electron chi connectivity index (χ2n) is 3.28. The number of nitrogen functional groups attached to an aromatic ring is 1. The van der Waals surface area contributed by atoms with Gasteiger partial charge in [-0.3, -0.25) is 0 Å². The van der Waals surface area contributed by atoms with Crippen molar-refractivity contribution in [2.75, 3.05) is 5.73 Å². The van der Waals surface area contributed by atoms with Gasteiger partial charge in [0.25, 0.3) is 0 Å². The van der Waals surface area contributed by atoms with Crippen LogP contribution < -0.4 is 5.73 Å². The van der Waals surface area contributed by atoms with E-state index < -0.39 is 0 Å². The predicted octanol–water partition coefficient (Wildman–Crippen LogP) is 3.73. The topological polar surface area (TPSA) is 46.2 Å². The summed E-state index contributed by atoms with van der Waals surface area (Å²) in [6.07, 6.45) is 0. The number of phenolic OH excluding ortho intramolecular Hbond substituents is 1. The largest absolute Gasteiger partial charge is 0.507 e. The van der Waals surface area contributed by atoms with Crippen LogP contribution in [-0.2, 0) is 0 Å². The van der Waals surface area contributed by atoms with Gasteiger partial charge in [-0.25, -0.2) is 0 Å². The Balaban J connectivity index is 2.20. The summed E-state index contributed by atoms with van der Waals surface area (Å²) in [6, 6.07) is 13.3. The van der Waals surface area contributed by atoms with E-state index in [4.69, 9.17) is 5.73 Å². The molecule has 0 heterocycles. The number of nitrogens with two attached hydrogens (primary N) is 1. The third-order valence-electron chi connectivity index (χ3n) is 2.03. The number of benzene rings is 2. The van der Waals surface area contributed by atoms with Crippen molar-refractivity contribution >= 4 is 40.0 Å². The number of anilines is 1. The molecule has 0 aliphatic heterocycles. The summed E-state index contributed by atoms with van der Waals surface area (Å²) in [5, 5.41) is 9.41. The fraction of sp³-hybridized carbons (Fsp3) is 0. The number of hydrogen-bond acceptors (Lipinski definition) is 3. The molecule has 4 heteroatoms. The van der Waals surface area contributed by atoms with Gasteiger partial charge in [0.2, 0.25) is 0 Å². The molecule has 82 valence electrons. The monoisotopic (exact) mass is 343 g/mol. The van der Waals surface area contributed by atoms with Gasteiger partial charge in [0.15, 0.2) is 0 Å². The van der Waals surface area contributed by atoms with E-state index >= 15 is 0 Å². The van der Waals surface area contributed by atoms with Gasteiger partial charge in [-0.15, -0.1) is 0 Å². The molecule has 2 aromatic rings. The first-order chi connectivity index (χ1) is 7.65. The Labute approximate surface area is 112 Å². The second-order valence-corrected chi connectivity index (χ2v) is 5.59. The van der Waals surface area contributed by atoms with Crippen molar-refractivity contribution in [2.45, 2.75) is 9.79 Å². The molecule has 2 rings (SSSR count). The highest BCUT2D eigenvalue weighted by Gasteiger charge is 2.01. The van der Waals surface area contributed by atoms with Crippen LogP contribution in [0.5, 0.6) is 5.75 Å².